The van der Waals surface area contributed by atoms with Crippen LogP contribution >= 0.6 is 0 Å². The van der Waals surface area contributed by atoms with Crippen LogP contribution in [0.5, 0.6) is 0 Å². The molecule has 1 amide bonds. The van der Waals surface area contributed by atoms with Crippen molar-refractivity contribution in [1.29, 1.82) is 0 Å². The van der Waals surface area contributed by atoms with Crippen molar-refractivity contribution in [3.05, 3.63) is 35.5 Å². The zero-order valence-electron chi connectivity index (χ0n) is 16.0. The molecule has 1 aliphatic heterocycles. The number of ether oxygens (including phenoxy) is 1. The van der Waals surface area contributed by atoms with Gasteiger partial charge < -0.3 is 20.3 Å². The molecule has 2 N–H and O–H groups in total. The quantitative estimate of drug-likeness (QED) is 0.834. The number of nitrogens with zero attached hydrogens (tertiary/aromatic N) is 4. The van der Waals surface area contributed by atoms with Crippen LogP contribution < -0.4 is 10.6 Å². The first kappa shape index (κ1) is 18.9. The Hall–Kier alpha value is -2.90. The lowest BCUT2D eigenvalue weighted by molar-refractivity contribution is 0.0983. The van der Waals surface area contributed by atoms with Gasteiger partial charge in [-0.25, -0.2) is 4.79 Å². The molecule has 0 unspecified atom stereocenters. The highest BCUT2D eigenvalue weighted by molar-refractivity contribution is 5.67. The molecule has 1 fully saturated rings. The molecule has 1 aliphatic rings. The average molecular weight is 370 g/mol. The zero-order valence-corrected chi connectivity index (χ0v) is 16.0. The normalized spacial score (nSPS) is 14.7. The SMILES string of the molecule is CCOC(=O)N1CCC(Nc2nncc(Nc3cc(C)ccc3C)n2)CC1. The number of aryl methyl sites for hydroxylation is 2. The molecule has 0 radical (unpaired) electrons. The third kappa shape index (κ3) is 5.06. The molecular weight excluding hydrogens is 344 g/mol. The molecule has 0 spiro atoms. The van der Waals surface area contributed by atoms with E-state index in [1.807, 2.05) is 13.8 Å². The third-order valence-corrected chi connectivity index (χ3v) is 4.57. The van der Waals surface area contributed by atoms with Crippen LogP contribution in [0.4, 0.5) is 22.2 Å². The van der Waals surface area contributed by atoms with Crippen molar-refractivity contribution in [2.24, 2.45) is 0 Å². The Morgan fingerprint density at radius 1 is 1.30 bits per heavy atom. The number of carbonyl (C=O) groups excluding carboxylic acids is 1. The Balaban J connectivity index is 1.58. The molecule has 0 atom stereocenters. The summed E-state index contributed by atoms with van der Waals surface area (Å²) in [7, 11) is 0. The largest absolute Gasteiger partial charge is 0.450 e. The van der Waals surface area contributed by atoms with E-state index in [4.69, 9.17) is 4.74 Å². The van der Waals surface area contributed by atoms with E-state index in [9.17, 15) is 4.79 Å². The maximum absolute atomic E-state index is 11.8. The molecule has 1 aromatic carbocycles. The van der Waals surface area contributed by atoms with Gasteiger partial charge in [0.15, 0.2) is 5.82 Å². The van der Waals surface area contributed by atoms with Crippen molar-refractivity contribution in [1.82, 2.24) is 20.1 Å². The fourth-order valence-corrected chi connectivity index (χ4v) is 3.04. The summed E-state index contributed by atoms with van der Waals surface area (Å²) in [5, 5.41) is 14.7. The van der Waals surface area contributed by atoms with Crippen molar-refractivity contribution >= 4 is 23.5 Å². The summed E-state index contributed by atoms with van der Waals surface area (Å²) in [6.45, 7) is 7.63. The summed E-state index contributed by atoms with van der Waals surface area (Å²) in [6.07, 6.45) is 3.00. The van der Waals surface area contributed by atoms with Crippen LogP contribution in [0.3, 0.4) is 0 Å². The number of aromatic nitrogens is 3. The van der Waals surface area contributed by atoms with Gasteiger partial charge >= 0.3 is 6.09 Å². The molecule has 0 bridgehead atoms. The monoisotopic (exact) mass is 370 g/mol. The summed E-state index contributed by atoms with van der Waals surface area (Å²) >= 11 is 0. The smallest absolute Gasteiger partial charge is 0.409 e. The van der Waals surface area contributed by atoms with Gasteiger partial charge in [-0.3, -0.25) is 0 Å². The lowest BCUT2D eigenvalue weighted by atomic mass is 10.1. The number of rotatable bonds is 5. The Kier molecular flexibility index (Phi) is 6.05. The second-order valence-corrected chi connectivity index (χ2v) is 6.71. The average Bonchev–Trinajstić information content (AvgIpc) is 2.66. The molecule has 3 rings (SSSR count). The van der Waals surface area contributed by atoms with E-state index >= 15 is 0 Å². The standard InChI is InChI=1S/C19H26N6O2/c1-4-27-19(26)25-9-7-15(8-10-25)21-18-23-17(12-20-24-18)22-16-11-13(2)5-6-14(16)3/h5-6,11-12,15H,4,7-10H2,1-3H3,(H2,21,22,23,24). The molecular formula is C19H26N6O2. The number of nitrogens with one attached hydrogen (secondary N) is 2. The van der Waals surface area contributed by atoms with Crippen LogP contribution in [0.25, 0.3) is 0 Å². The zero-order chi connectivity index (χ0) is 19.2. The van der Waals surface area contributed by atoms with Gasteiger partial charge in [0.1, 0.15) is 0 Å². The Bertz CT molecular complexity index is 790. The van der Waals surface area contributed by atoms with Crippen LogP contribution in [0.15, 0.2) is 24.4 Å². The number of hydrogen-bond acceptors (Lipinski definition) is 7. The van der Waals surface area contributed by atoms with Crippen LogP contribution in [-0.4, -0.2) is 51.9 Å². The Morgan fingerprint density at radius 2 is 2.07 bits per heavy atom. The van der Waals surface area contributed by atoms with E-state index in [1.54, 1.807) is 11.1 Å². The van der Waals surface area contributed by atoms with Crippen molar-refractivity contribution < 1.29 is 9.53 Å². The molecule has 1 saturated heterocycles. The van der Waals surface area contributed by atoms with E-state index in [1.165, 1.54) is 5.56 Å². The molecule has 2 aromatic rings. The van der Waals surface area contributed by atoms with Gasteiger partial charge in [-0.05, 0) is 50.8 Å². The highest BCUT2D eigenvalue weighted by atomic mass is 16.6. The summed E-state index contributed by atoms with van der Waals surface area (Å²) in [5.74, 6) is 1.13. The Labute approximate surface area is 159 Å². The fourth-order valence-electron chi connectivity index (χ4n) is 3.04. The minimum atomic E-state index is -0.242. The maximum atomic E-state index is 11.8. The van der Waals surface area contributed by atoms with Crippen molar-refractivity contribution in [3.8, 4) is 0 Å². The predicted molar refractivity (Wildman–Crippen MR) is 104 cm³/mol. The van der Waals surface area contributed by atoms with Crippen molar-refractivity contribution in [2.45, 2.75) is 39.7 Å². The van der Waals surface area contributed by atoms with Crippen molar-refractivity contribution in [3.63, 3.8) is 0 Å². The van der Waals surface area contributed by atoms with Crippen LogP contribution in [0.2, 0.25) is 0 Å². The van der Waals surface area contributed by atoms with Gasteiger partial charge in [-0.1, -0.05) is 12.1 Å². The summed E-state index contributed by atoms with van der Waals surface area (Å²) < 4.78 is 5.05. The van der Waals surface area contributed by atoms with Crippen molar-refractivity contribution in [2.75, 3.05) is 30.3 Å². The fraction of sp³-hybridized carbons (Fsp3) is 0.474. The minimum absolute atomic E-state index is 0.202. The summed E-state index contributed by atoms with van der Waals surface area (Å²) in [4.78, 5) is 18.0. The molecule has 27 heavy (non-hydrogen) atoms. The summed E-state index contributed by atoms with van der Waals surface area (Å²) in [5.41, 5.74) is 3.32. The predicted octanol–water partition coefficient (Wildman–Crippen LogP) is 3.26. The van der Waals surface area contributed by atoms with E-state index in [0.717, 1.165) is 24.1 Å². The first-order valence-corrected chi connectivity index (χ1v) is 9.27. The molecule has 2 heterocycles. The van der Waals surface area contributed by atoms with Gasteiger partial charge in [0.25, 0.3) is 0 Å². The van der Waals surface area contributed by atoms with Crippen LogP contribution in [0.1, 0.15) is 30.9 Å². The third-order valence-electron chi connectivity index (χ3n) is 4.57. The number of hydrogen-bond donors (Lipinski definition) is 2. The molecule has 144 valence electrons. The maximum Gasteiger partial charge on any atom is 0.409 e. The van der Waals surface area contributed by atoms with Gasteiger partial charge in [0.2, 0.25) is 5.95 Å². The molecule has 8 heteroatoms. The van der Waals surface area contributed by atoms with E-state index < -0.39 is 0 Å². The lowest BCUT2D eigenvalue weighted by Crippen LogP contribution is -2.42. The number of piperidine rings is 1. The first-order chi connectivity index (χ1) is 13.0. The van der Waals surface area contributed by atoms with Crippen LogP contribution in [0, 0.1) is 13.8 Å². The molecule has 8 nitrogen and oxygen atoms in total. The minimum Gasteiger partial charge on any atom is -0.450 e. The summed E-state index contributed by atoms with van der Waals surface area (Å²) in [6, 6.07) is 6.43. The number of likely N-dealkylation sites (tertiary alicyclic amines) is 1. The number of carbonyl (C=O) groups is 1. The molecule has 0 saturated carbocycles. The molecule has 0 aliphatic carbocycles. The topological polar surface area (TPSA) is 92.3 Å². The first-order valence-electron chi connectivity index (χ1n) is 9.27. The number of anilines is 3. The van der Waals surface area contributed by atoms with E-state index in [0.29, 0.717) is 31.5 Å². The van der Waals surface area contributed by atoms with Gasteiger partial charge in [0.05, 0.1) is 12.8 Å². The lowest BCUT2D eigenvalue weighted by Gasteiger charge is -2.31. The van der Waals surface area contributed by atoms with E-state index in [-0.39, 0.29) is 12.1 Å². The Morgan fingerprint density at radius 3 is 2.81 bits per heavy atom. The second kappa shape index (κ2) is 8.66. The van der Waals surface area contributed by atoms with Crippen LogP contribution in [-0.2, 0) is 4.74 Å². The number of amides is 1. The highest BCUT2D eigenvalue weighted by Crippen LogP contribution is 2.21. The highest BCUT2D eigenvalue weighted by Gasteiger charge is 2.24. The number of benzene rings is 1. The van der Waals surface area contributed by atoms with Gasteiger partial charge in [0, 0.05) is 24.8 Å². The van der Waals surface area contributed by atoms with E-state index in [2.05, 4.69) is 50.9 Å². The second-order valence-electron chi connectivity index (χ2n) is 6.71. The molecule has 1 aromatic heterocycles. The van der Waals surface area contributed by atoms with Gasteiger partial charge in [-0.15, -0.1) is 5.10 Å². The van der Waals surface area contributed by atoms with Gasteiger partial charge in [-0.2, -0.15) is 10.1 Å².